The monoisotopic (exact) mass is 1030 g/mol. The molecule has 0 aromatic heterocycles. The van der Waals surface area contributed by atoms with Gasteiger partial charge in [0, 0.05) is 6.42 Å². The van der Waals surface area contributed by atoms with Crippen molar-refractivity contribution in [1.82, 2.24) is 5.32 Å². The Morgan fingerprint density at radius 1 is 0.500 bits per heavy atom. The van der Waals surface area contributed by atoms with Crippen LogP contribution in [0, 0.1) is 0 Å². The highest BCUT2D eigenvalue weighted by atomic mass is 31.2. The van der Waals surface area contributed by atoms with Crippen LogP contribution < -0.4 is 5.32 Å². The van der Waals surface area contributed by atoms with Gasteiger partial charge in [0.25, 0.3) is 0 Å². The summed E-state index contributed by atoms with van der Waals surface area (Å²) in [4.78, 5) is 23.2. The third-order valence-corrected chi connectivity index (χ3v) is 14.2. The molecule has 9 heteroatoms. The van der Waals surface area contributed by atoms with Crippen LogP contribution in [-0.2, 0) is 18.4 Å². The average molecular weight is 1030 g/mol. The van der Waals surface area contributed by atoms with Crippen molar-refractivity contribution in [1.29, 1.82) is 0 Å². The molecule has 0 fully saturated rings. The fourth-order valence-corrected chi connectivity index (χ4v) is 9.28. The van der Waals surface area contributed by atoms with Crippen LogP contribution in [0.4, 0.5) is 0 Å². The lowest BCUT2D eigenvalue weighted by Crippen LogP contribution is -2.45. The minimum Gasteiger partial charge on any atom is -0.387 e. The predicted octanol–water partition coefficient (Wildman–Crippen LogP) is 18.4. The summed E-state index contributed by atoms with van der Waals surface area (Å²) in [6.07, 6.45) is 76.2. The van der Waals surface area contributed by atoms with E-state index in [2.05, 4.69) is 85.2 Å². The SMILES string of the molecule is C/C=C/CC/C=C/CC/C=C/C(O)C(COP(=O)(O)OCC[N+](C)(C)C)NC(=O)CCCCCCCCCCCCCCCCCCCCCCCCCCCCCC/C=C\C/C=C\C/C=C\C/C=C\CC. The number of hydrogen-bond donors (Lipinski definition) is 3. The van der Waals surface area contributed by atoms with Crippen molar-refractivity contribution < 1.29 is 32.9 Å². The summed E-state index contributed by atoms with van der Waals surface area (Å²) in [7, 11) is 1.54. The third kappa shape index (κ3) is 55.4. The van der Waals surface area contributed by atoms with Crippen molar-refractivity contribution >= 4 is 13.7 Å². The molecule has 0 aliphatic carbocycles. The van der Waals surface area contributed by atoms with Crippen LogP contribution in [0.1, 0.15) is 258 Å². The van der Waals surface area contributed by atoms with E-state index in [0.29, 0.717) is 17.4 Å². The Balaban J connectivity index is 3.78. The van der Waals surface area contributed by atoms with Crippen LogP contribution >= 0.6 is 7.82 Å². The zero-order valence-electron chi connectivity index (χ0n) is 47.7. The number of aliphatic hydroxyl groups is 1. The lowest BCUT2D eigenvalue weighted by atomic mass is 10.0. The van der Waals surface area contributed by atoms with E-state index in [4.69, 9.17) is 9.05 Å². The molecule has 0 saturated carbocycles. The van der Waals surface area contributed by atoms with E-state index in [0.717, 1.165) is 70.6 Å². The summed E-state index contributed by atoms with van der Waals surface area (Å²) in [5.74, 6) is -0.192. The normalized spacial score (nSPS) is 14.5. The highest BCUT2D eigenvalue weighted by Gasteiger charge is 2.27. The molecule has 0 bridgehead atoms. The van der Waals surface area contributed by atoms with Crippen LogP contribution in [0.2, 0.25) is 0 Å². The quantitative estimate of drug-likeness (QED) is 0.0243. The number of carbonyl (C=O) groups is 1. The van der Waals surface area contributed by atoms with Gasteiger partial charge in [0.2, 0.25) is 5.91 Å². The van der Waals surface area contributed by atoms with Gasteiger partial charge in [0.05, 0.1) is 39.9 Å². The second-order valence-corrected chi connectivity index (χ2v) is 22.8. The average Bonchev–Trinajstić information content (AvgIpc) is 3.34. The lowest BCUT2D eigenvalue weighted by molar-refractivity contribution is -0.870. The number of hydrogen-bond acceptors (Lipinski definition) is 5. The summed E-state index contributed by atoms with van der Waals surface area (Å²) < 4.78 is 23.5. The van der Waals surface area contributed by atoms with E-state index in [9.17, 15) is 19.4 Å². The van der Waals surface area contributed by atoms with E-state index < -0.39 is 20.0 Å². The van der Waals surface area contributed by atoms with Crippen molar-refractivity contribution in [2.24, 2.45) is 0 Å². The van der Waals surface area contributed by atoms with E-state index in [1.54, 1.807) is 6.08 Å². The highest BCUT2D eigenvalue weighted by Crippen LogP contribution is 2.43. The first kappa shape index (κ1) is 69.7. The lowest BCUT2D eigenvalue weighted by Gasteiger charge is -2.25. The molecule has 8 nitrogen and oxygen atoms in total. The Morgan fingerprint density at radius 2 is 0.861 bits per heavy atom. The Labute approximate surface area is 446 Å². The number of nitrogens with one attached hydrogen (secondary N) is 1. The molecule has 1 amide bonds. The summed E-state index contributed by atoms with van der Waals surface area (Å²) >= 11 is 0. The number of carbonyl (C=O) groups excluding carboxylic acids is 1. The number of allylic oxidation sites excluding steroid dienone is 13. The van der Waals surface area contributed by atoms with Crippen LogP contribution in [0.15, 0.2) is 85.1 Å². The third-order valence-electron chi connectivity index (χ3n) is 13.2. The van der Waals surface area contributed by atoms with Crippen LogP contribution in [0.25, 0.3) is 0 Å². The number of amides is 1. The first-order chi connectivity index (χ1) is 35.0. The molecule has 0 aliphatic rings. The van der Waals surface area contributed by atoms with Crippen molar-refractivity contribution in [2.75, 3.05) is 40.9 Å². The summed E-state index contributed by atoms with van der Waals surface area (Å²) in [6.45, 7) is 4.44. The summed E-state index contributed by atoms with van der Waals surface area (Å²) in [6, 6.07) is -0.868. The van der Waals surface area contributed by atoms with Gasteiger partial charge in [0.15, 0.2) is 0 Å². The molecule has 0 aliphatic heterocycles. The molecule has 0 rings (SSSR count). The highest BCUT2D eigenvalue weighted by molar-refractivity contribution is 7.47. The van der Waals surface area contributed by atoms with E-state index in [1.165, 1.54) is 167 Å². The van der Waals surface area contributed by atoms with E-state index in [1.807, 2.05) is 34.1 Å². The van der Waals surface area contributed by atoms with Gasteiger partial charge in [-0.15, -0.1) is 0 Å². The number of likely N-dealkylation sites (N-methyl/N-ethyl adjacent to an activating group) is 1. The fraction of sp³-hybridized carbons (Fsp3) is 0.762. The molecular formula is C63H116N2O6P+. The first-order valence-corrected chi connectivity index (χ1v) is 31.4. The molecular weight excluding hydrogens is 912 g/mol. The van der Waals surface area contributed by atoms with Crippen LogP contribution in [0.5, 0.6) is 0 Å². The maximum Gasteiger partial charge on any atom is 0.472 e. The Kier molecular flexibility index (Phi) is 51.8. The Morgan fingerprint density at radius 3 is 1.28 bits per heavy atom. The predicted molar refractivity (Wildman–Crippen MR) is 313 cm³/mol. The van der Waals surface area contributed by atoms with Crippen molar-refractivity contribution in [3.05, 3.63) is 85.1 Å². The van der Waals surface area contributed by atoms with Gasteiger partial charge in [0.1, 0.15) is 13.2 Å². The minimum atomic E-state index is -4.35. The number of nitrogens with zero attached hydrogens (tertiary/aromatic N) is 1. The second-order valence-electron chi connectivity index (χ2n) is 21.3. The van der Waals surface area contributed by atoms with Crippen molar-refractivity contribution in [2.45, 2.75) is 270 Å². The maximum atomic E-state index is 12.9. The van der Waals surface area contributed by atoms with Gasteiger partial charge in [-0.05, 0) is 77.6 Å². The molecule has 0 heterocycles. The second kappa shape index (κ2) is 53.5. The molecule has 0 aromatic carbocycles. The van der Waals surface area contributed by atoms with Gasteiger partial charge >= 0.3 is 7.82 Å². The van der Waals surface area contributed by atoms with Gasteiger partial charge in [-0.1, -0.05) is 259 Å². The van der Waals surface area contributed by atoms with Gasteiger partial charge < -0.3 is 19.8 Å². The first-order valence-electron chi connectivity index (χ1n) is 29.9. The molecule has 0 aromatic rings. The largest absolute Gasteiger partial charge is 0.472 e. The number of phosphoric acid groups is 1. The number of quaternary nitrogens is 1. The minimum absolute atomic E-state index is 0.0523. The Hall–Kier alpha value is -2.32. The van der Waals surface area contributed by atoms with Gasteiger partial charge in [-0.25, -0.2) is 4.57 Å². The fourth-order valence-electron chi connectivity index (χ4n) is 8.54. The number of unbranched alkanes of at least 4 members (excludes halogenated alkanes) is 30. The molecule has 3 N–H and O–H groups in total. The summed E-state index contributed by atoms with van der Waals surface area (Å²) in [5, 5.41) is 13.8. The molecule has 72 heavy (non-hydrogen) atoms. The standard InChI is InChI=1S/C63H115N2O6P/c1-6-8-10-12-14-16-17-18-19-20-21-22-23-24-25-26-27-28-29-30-31-32-33-34-35-36-37-38-39-40-41-42-43-44-45-46-47-49-51-53-55-57-63(67)64-61(60-71-72(68,69)70-59-58-65(3,4)5)62(66)56-54-52-50-48-15-13-11-9-7-2/h7-10,14-16,18-19,21-22,48,54,56,61-62,66H,6,11-13,17,20,23-47,49-53,55,57-60H2,1-5H3,(H-,64,67,68,69)/p+1/b9-7+,10-8-,16-14-,19-18-,22-21-,48-15+,56-54+. The van der Waals surface area contributed by atoms with E-state index in [-0.39, 0.29) is 19.1 Å². The number of rotatable bonds is 54. The maximum absolute atomic E-state index is 12.9. The molecule has 418 valence electrons. The zero-order chi connectivity index (χ0) is 52.7. The Bertz CT molecular complexity index is 1450. The van der Waals surface area contributed by atoms with E-state index >= 15 is 0 Å². The topological polar surface area (TPSA) is 105 Å². The number of aliphatic hydroxyl groups excluding tert-OH is 1. The summed E-state index contributed by atoms with van der Waals surface area (Å²) in [5.41, 5.74) is 0. The molecule has 0 saturated heterocycles. The van der Waals surface area contributed by atoms with Crippen LogP contribution in [-0.4, -0.2) is 73.4 Å². The van der Waals surface area contributed by atoms with Gasteiger partial charge in [-0.2, -0.15) is 0 Å². The molecule has 3 atom stereocenters. The molecule has 3 unspecified atom stereocenters. The van der Waals surface area contributed by atoms with Crippen LogP contribution in [0.3, 0.4) is 0 Å². The van der Waals surface area contributed by atoms with Gasteiger partial charge in [-0.3, -0.25) is 13.8 Å². The van der Waals surface area contributed by atoms with Crippen molar-refractivity contribution in [3.8, 4) is 0 Å². The molecule has 0 spiro atoms. The number of phosphoric ester groups is 1. The van der Waals surface area contributed by atoms with Crippen molar-refractivity contribution in [3.63, 3.8) is 0 Å². The zero-order valence-corrected chi connectivity index (χ0v) is 48.5. The smallest absolute Gasteiger partial charge is 0.387 e. The molecule has 0 radical (unpaired) electrons.